The van der Waals surface area contributed by atoms with Crippen molar-refractivity contribution in [1.29, 1.82) is 0 Å². The fourth-order valence-electron chi connectivity index (χ4n) is 3.05. The quantitative estimate of drug-likeness (QED) is 0.279. The third-order valence-corrected chi connectivity index (χ3v) is 8.46. The average Bonchev–Trinajstić information content (AvgIpc) is 3.30. The Morgan fingerprint density at radius 1 is 1.21 bits per heavy atom. The van der Waals surface area contributed by atoms with Crippen LogP contribution in [0.2, 0.25) is 0 Å². The van der Waals surface area contributed by atoms with Crippen LogP contribution in [0.1, 0.15) is 13.3 Å². The predicted octanol–water partition coefficient (Wildman–Crippen LogP) is 1.97. The van der Waals surface area contributed by atoms with Gasteiger partial charge >= 0.3 is 7.82 Å². The molecule has 3 rings (SSSR count). The van der Waals surface area contributed by atoms with E-state index in [1.54, 1.807) is 12.3 Å². The fraction of sp³-hybridized carbons (Fsp3) is 0.250. The summed E-state index contributed by atoms with van der Waals surface area (Å²) in [6, 6.07) is 10.6. The first-order chi connectivity index (χ1) is 15.8. The number of aromatic nitrogens is 2. The van der Waals surface area contributed by atoms with Crippen LogP contribution in [-0.4, -0.2) is 44.7 Å². The number of nitrogens with one attached hydrogen (secondary N) is 1. The number of hydroxylamine groups is 1. The van der Waals surface area contributed by atoms with E-state index in [1.807, 2.05) is 29.6 Å². The van der Waals surface area contributed by atoms with Crippen LogP contribution in [0, 0.1) is 0 Å². The lowest BCUT2D eigenvalue weighted by Gasteiger charge is -2.26. The minimum Gasteiger partial charge on any atom is -0.315 e. The number of thiazole rings is 1. The van der Waals surface area contributed by atoms with Crippen LogP contribution in [0.4, 0.5) is 0 Å². The van der Waals surface area contributed by atoms with E-state index in [4.69, 9.17) is 9.79 Å². The number of sulfone groups is 1. The molecule has 0 fully saturated rings. The molecule has 0 unspecified atom stereocenters. The first kappa shape index (κ1) is 25.9. The zero-order valence-electron chi connectivity index (χ0n) is 18.1. The molecule has 14 heteroatoms. The van der Waals surface area contributed by atoms with Crippen molar-refractivity contribution in [2.75, 3.05) is 6.26 Å². The maximum Gasteiger partial charge on any atom is 0.491 e. The molecule has 0 aliphatic heterocycles. The monoisotopic (exact) mass is 527 g/mol. The van der Waals surface area contributed by atoms with Crippen molar-refractivity contribution >= 4 is 34.9 Å². The van der Waals surface area contributed by atoms with Crippen molar-refractivity contribution in [2.45, 2.75) is 24.6 Å². The van der Waals surface area contributed by atoms with Gasteiger partial charge in [0.2, 0.25) is 0 Å². The Hall–Kier alpha value is -2.67. The standard InChI is InChI=1S/C20H22N3O8PS2/c1-20(34(2,29)30,19(25)22-31-32(26,27)28)8-11-23-10-7-16(13-17(23)24)14-3-5-15(6-4-14)18-21-9-12-33-18/h3-7,9-10,12-13H,8,11H2,1-2H3,(H,22,25)(H2,26,27,28)/t20-/m1/s1. The molecular weight excluding hydrogens is 505 g/mol. The van der Waals surface area contributed by atoms with E-state index in [0.29, 0.717) is 5.56 Å². The van der Waals surface area contributed by atoms with Gasteiger partial charge in [-0.1, -0.05) is 24.3 Å². The van der Waals surface area contributed by atoms with Crippen LogP contribution in [0.25, 0.3) is 21.7 Å². The number of phosphoric acid groups is 1. The molecule has 0 bridgehead atoms. The Kier molecular flexibility index (Phi) is 7.56. The molecule has 0 spiro atoms. The van der Waals surface area contributed by atoms with E-state index >= 15 is 0 Å². The van der Waals surface area contributed by atoms with Gasteiger partial charge < -0.3 is 14.4 Å². The number of aryl methyl sites for hydroxylation is 1. The number of pyridine rings is 1. The van der Waals surface area contributed by atoms with Gasteiger partial charge in [-0.25, -0.2) is 23.4 Å². The van der Waals surface area contributed by atoms with Gasteiger partial charge in [-0.3, -0.25) is 9.59 Å². The lowest BCUT2D eigenvalue weighted by molar-refractivity contribution is -0.131. The summed E-state index contributed by atoms with van der Waals surface area (Å²) in [7, 11) is -9.12. The summed E-state index contributed by atoms with van der Waals surface area (Å²) in [5, 5.41) is 2.76. The van der Waals surface area contributed by atoms with Crippen LogP contribution in [-0.2, 0) is 30.4 Å². The Balaban J connectivity index is 1.77. The van der Waals surface area contributed by atoms with E-state index in [2.05, 4.69) is 9.61 Å². The Morgan fingerprint density at radius 2 is 1.85 bits per heavy atom. The summed E-state index contributed by atoms with van der Waals surface area (Å²) in [6.45, 7) is 0.944. The molecule has 1 amide bonds. The lowest BCUT2D eigenvalue weighted by Crippen LogP contribution is -2.50. The molecule has 182 valence electrons. The fourth-order valence-corrected chi connectivity index (χ4v) is 4.74. The zero-order valence-corrected chi connectivity index (χ0v) is 20.6. The molecule has 0 radical (unpaired) electrons. The summed E-state index contributed by atoms with van der Waals surface area (Å²) in [6.07, 6.45) is 3.67. The molecule has 1 aromatic carbocycles. The molecule has 3 aromatic rings. The SMILES string of the molecule is C[C@@](CCn1ccc(-c2ccc(-c3nccs3)cc2)cc1=O)(C(=O)NOP(=O)(O)O)S(C)(=O)=O. The van der Waals surface area contributed by atoms with Crippen molar-refractivity contribution < 1.29 is 32.2 Å². The van der Waals surface area contributed by atoms with Crippen LogP contribution in [0.3, 0.4) is 0 Å². The molecule has 0 saturated carbocycles. The van der Waals surface area contributed by atoms with Crippen LogP contribution >= 0.6 is 19.2 Å². The highest BCUT2D eigenvalue weighted by Gasteiger charge is 2.44. The number of nitrogens with zero attached hydrogens (tertiary/aromatic N) is 2. The van der Waals surface area contributed by atoms with Crippen molar-refractivity contribution in [3.8, 4) is 21.7 Å². The van der Waals surface area contributed by atoms with Gasteiger partial charge in [0.25, 0.3) is 11.5 Å². The third kappa shape index (κ3) is 6.06. The minimum atomic E-state index is -5.06. The van der Waals surface area contributed by atoms with E-state index < -0.39 is 33.9 Å². The topological polar surface area (TPSA) is 165 Å². The molecule has 11 nitrogen and oxygen atoms in total. The molecule has 0 aliphatic rings. The van der Waals surface area contributed by atoms with Gasteiger partial charge in [-0.2, -0.15) is 4.62 Å². The summed E-state index contributed by atoms with van der Waals surface area (Å²) in [4.78, 5) is 46.7. The lowest BCUT2D eigenvalue weighted by atomic mass is 10.0. The smallest absolute Gasteiger partial charge is 0.315 e. The van der Waals surface area contributed by atoms with E-state index in [9.17, 15) is 22.6 Å². The normalized spacial score (nSPS) is 13.9. The summed E-state index contributed by atoms with van der Waals surface area (Å²) < 4.78 is 38.4. The van der Waals surface area contributed by atoms with E-state index in [0.717, 1.165) is 29.3 Å². The molecule has 2 aromatic heterocycles. The van der Waals surface area contributed by atoms with Gasteiger partial charge in [0.1, 0.15) is 5.01 Å². The van der Waals surface area contributed by atoms with Crippen LogP contribution in [0.5, 0.6) is 0 Å². The van der Waals surface area contributed by atoms with Crippen molar-refractivity contribution in [3.05, 3.63) is 64.5 Å². The second-order valence-electron chi connectivity index (χ2n) is 7.63. The van der Waals surface area contributed by atoms with E-state index in [1.165, 1.54) is 33.6 Å². The number of carbonyl (C=O) groups excluding carboxylic acids is 1. The highest BCUT2D eigenvalue weighted by molar-refractivity contribution is 7.92. The Morgan fingerprint density at radius 3 is 2.38 bits per heavy atom. The van der Waals surface area contributed by atoms with Crippen LogP contribution in [0.15, 0.2) is 59.0 Å². The Labute approximate surface area is 199 Å². The molecule has 0 aliphatic carbocycles. The number of rotatable bonds is 9. The predicted molar refractivity (Wildman–Crippen MR) is 126 cm³/mol. The zero-order chi connectivity index (χ0) is 25.1. The van der Waals surface area contributed by atoms with Gasteiger partial charge in [0.15, 0.2) is 14.6 Å². The molecule has 34 heavy (non-hydrogen) atoms. The van der Waals surface area contributed by atoms with Crippen molar-refractivity contribution in [3.63, 3.8) is 0 Å². The number of amides is 1. The summed E-state index contributed by atoms with van der Waals surface area (Å²) >= 11 is 1.52. The maximum atomic E-state index is 12.6. The van der Waals surface area contributed by atoms with Crippen LogP contribution < -0.4 is 11.0 Å². The van der Waals surface area contributed by atoms with E-state index in [-0.39, 0.29) is 13.0 Å². The van der Waals surface area contributed by atoms with Gasteiger partial charge in [0.05, 0.1) is 0 Å². The maximum absolute atomic E-state index is 12.6. The van der Waals surface area contributed by atoms with Gasteiger partial charge in [0, 0.05) is 42.2 Å². The highest BCUT2D eigenvalue weighted by Crippen LogP contribution is 2.34. The number of benzene rings is 1. The minimum absolute atomic E-state index is 0.144. The first-order valence-electron chi connectivity index (χ1n) is 9.75. The number of carbonyl (C=O) groups is 1. The second kappa shape index (κ2) is 9.90. The third-order valence-electron chi connectivity index (χ3n) is 5.28. The number of hydrogen-bond acceptors (Lipinski definition) is 8. The molecule has 0 saturated heterocycles. The summed E-state index contributed by atoms with van der Waals surface area (Å²) in [5.41, 5.74) is 3.50. The molecule has 2 heterocycles. The average molecular weight is 528 g/mol. The summed E-state index contributed by atoms with van der Waals surface area (Å²) in [5.74, 6) is -1.26. The first-order valence-corrected chi connectivity index (χ1v) is 14.1. The van der Waals surface area contributed by atoms with Crippen molar-refractivity contribution in [2.24, 2.45) is 0 Å². The number of hydrogen-bond donors (Lipinski definition) is 3. The molecule has 1 atom stereocenters. The molecular formula is C20H22N3O8PS2. The molecule has 3 N–H and O–H groups in total. The van der Waals surface area contributed by atoms with Gasteiger partial charge in [-0.05, 0) is 30.5 Å². The highest BCUT2D eigenvalue weighted by atomic mass is 32.2. The van der Waals surface area contributed by atoms with Crippen molar-refractivity contribution in [1.82, 2.24) is 15.0 Å². The second-order valence-corrected chi connectivity index (χ2v) is 12.1. The Bertz CT molecular complexity index is 1380. The largest absolute Gasteiger partial charge is 0.491 e. The van der Waals surface area contributed by atoms with Gasteiger partial charge in [-0.15, -0.1) is 11.3 Å².